The second-order valence-electron chi connectivity index (χ2n) is 6.16. The van der Waals surface area contributed by atoms with E-state index in [9.17, 15) is 4.79 Å². The highest BCUT2D eigenvalue weighted by Crippen LogP contribution is 2.39. The zero-order valence-electron chi connectivity index (χ0n) is 16.6. The van der Waals surface area contributed by atoms with Crippen molar-refractivity contribution in [2.24, 2.45) is 7.05 Å². The van der Waals surface area contributed by atoms with Crippen molar-refractivity contribution in [2.75, 3.05) is 24.2 Å². The summed E-state index contributed by atoms with van der Waals surface area (Å²) in [5, 5.41) is 4.67. The molecule has 0 unspecified atom stereocenters. The quantitative estimate of drug-likeness (QED) is 0.505. The van der Waals surface area contributed by atoms with E-state index >= 15 is 0 Å². The first-order chi connectivity index (χ1) is 14.1. The Bertz CT molecular complexity index is 1080. The fraction of sp³-hybridized carbons (Fsp3) is 0.136. The van der Waals surface area contributed by atoms with Gasteiger partial charge in [-0.2, -0.15) is 0 Å². The van der Waals surface area contributed by atoms with Crippen LogP contribution in [0.5, 0.6) is 17.2 Å². The summed E-state index contributed by atoms with van der Waals surface area (Å²) in [4.78, 5) is 12.3. The van der Waals surface area contributed by atoms with Gasteiger partial charge in [-0.15, -0.1) is 0 Å². The van der Waals surface area contributed by atoms with Gasteiger partial charge in [-0.25, -0.2) is 0 Å². The van der Waals surface area contributed by atoms with Crippen molar-refractivity contribution in [3.8, 4) is 28.4 Å². The van der Waals surface area contributed by atoms with E-state index in [1.165, 1.54) is 11.9 Å². The number of hydrogen-bond donors (Lipinski definition) is 2. The molecule has 0 fully saturated rings. The van der Waals surface area contributed by atoms with Crippen LogP contribution in [-0.4, -0.2) is 18.7 Å². The molecule has 3 aromatic rings. The average molecular weight is 410 g/mol. The maximum atomic E-state index is 12.3. The van der Waals surface area contributed by atoms with Crippen LogP contribution in [0.1, 0.15) is 0 Å². The Balaban J connectivity index is 2.13. The van der Waals surface area contributed by atoms with Gasteiger partial charge in [0.15, 0.2) is 11.5 Å². The van der Waals surface area contributed by atoms with E-state index < -0.39 is 0 Å². The van der Waals surface area contributed by atoms with E-state index in [0.29, 0.717) is 22.9 Å². The Kier molecular flexibility index (Phi) is 6.51. The van der Waals surface area contributed by atoms with E-state index in [4.69, 9.17) is 9.47 Å². The van der Waals surface area contributed by atoms with Crippen LogP contribution in [0.3, 0.4) is 0 Å². The molecule has 0 spiro atoms. The lowest BCUT2D eigenvalue weighted by Gasteiger charge is -2.16. The third kappa shape index (κ3) is 4.57. The van der Waals surface area contributed by atoms with E-state index in [2.05, 4.69) is 16.6 Å². The molecule has 0 radical (unpaired) electrons. The summed E-state index contributed by atoms with van der Waals surface area (Å²) in [5.41, 5.74) is 2.97. The molecule has 1 aromatic heterocycles. The molecule has 0 aliphatic heterocycles. The number of para-hydroxylation sites is 2. The third-order valence-corrected chi connectivity index (χ3v) is 4.81. The summed E-state index contributed by atoms with van der Waals surface area (Å²) < 4.78 is 16.4. The minimum absolute atomic E-state index is 0.0973. The number of ether oxygens (including phenoxy) is 2. The van der Waals surface area contributed by atoms with E-state index in [1.807, 2.05) is 48.5 Å². The number of hydrogen-bond acceptors (Lipinski definition) is 6. The van der Waals surface area contributed by atoms with Crippen LogP contribution in [0.2, 0.25) is 0 Å². The van der Waals surface area contributed by atoms with Crippen molar-refractivity contribution in [1.29, 1.82) is 0 Å². The Morgan fingerprint density at radius 2 is 1.86 bits per heavy atom. The number of rotatable bonds is 8. The summed E-state index contributed by atoms with van der Waals surface area (Å²) in [7, 11) is 5.06. The van der Waals surface area contributed by atoms with E-state index in [0.717, 1.165) is 16.8 Å². The molecule has 2 N–H and O–H groups in total. The van der Waals surface area contributed by atoms with Crippen molar-refractivity contribution in [3.63, 3.8) is 0 Å². The van der Waals surface area contributed by atoms with Crippen LogP contribution in [0.4, 0.5) is 11.4 Å². The molecule has 0 aliphatic carbocycles. The number of anilines is 2. The molecule has 6 nitrogen and oxygen atoms in total. The SMILES string of the molecule is C=CSNc1ccc(Oc2ccccc2OC)c(-c2cc(NC)c(=O)n(C)c2)c1. The molecule has 0 aliphatic rings. The van der Waals surface area contributed by atoms with Crippen LogP contribution in [0, 0.1) is 0 Å². The zero-order chi connectivity index (χ0) is 20.8. The fourth-order valence-electron chi connectivity index (χ4n) is 2.88. The lowest BCUT2D eigenvalue weighted by atomic mass is 10.0. The first-order valence-electron chi connectivity index (χ1n) is 8.93. The van der Waals surface area contributed by atoms with E-state index in [-0.39, 0.29) is 5.56 Å². The predicted octanol–water partition coefficient (Wildman–Crippen LogP) is 5.10. The zero-order valence-corrected chi connectivity index (χ0v) is 17.4. The molecule has 0 saturated carbocycles. The summed E-state index contributed by atoms with van der Waals surface area (Å²) in [6.45, 7) is 3.71. The number of aryl methyl sites for hydroxylation is 1. The highest BCUT2D eigenvalue weighted by atomic mass is 32.2. The lowest BCUT2D eigenvalue weighted by Crippen LogP contribution is -2.19. The molecule has 2 aromatic carbocycles. The van der Waals surface area contributed by atoms with Gasteiger partial charge < -0.3 is 24.1 Å². The van der Waals surface area contributed by atoms with Gasteiger partial charge in [-0.1, -0.05) is 18.7 Å². The second-order valence-corrected chi connectivity index (χ2v) is 6.93. The molecule has 0 amide bonds. The van der Waals surface area contributed by atoms with Crippen molar-refractivity contribution in [2.45, 2.75) is 0 Å². The molecule has 7 heteroatoms. The minimum atomic E-state index is -0.0973. The standard InChI is InChI=1S/C22H23N3O3S/c1-5-29-24-16-10-11-19(28-21-9-7-6-8-20(21)27-4)17(13-16)15-12-18(23-2)22(26)25(3)14-15/h5-14,23-24H,1H2,2-4H3. The van der Waals surface area contributed by atoms with Gasteiger partial charge in [-0.3, -0.25) is 4.79 Å². The summed E-state index contributed by atoms with van der Waals surface area (Å²) >= 11 is 1.38. The summed E-state index contributed by atoms with van der Waals surface area (Å²) in [6.07, 6.45) is 1.79. The number of aromatic nitrogens is 1. The van der Waals surface area contributed by atoms with Gasteiger partial charge in [0.25, 0.3) is 5.56 Å². The largest absolute Gasteiger partial charge is 0.493 e. The monoisotopic (exact) mass is 409 g/mol. The maximum Gasteiger partial charge on any atom is 0.273 e. The summed E-state index contributed by atoms with van der Waals surface area (Å²) in [6, 6.07) is 15.1. The molecular formula is C22H23N3O3S. The normalized spacial score (nSPS) is 10.3. The Morgan fingerprint density at radius 1 is 1.10 bits per heavy atom. The van der Waals surface area contributed by atoms with Crippen molar-refractivity contribution < 1.29 is 9.47 Å². The van der Waals surface area contributed by atoms with Gasteiger partial charge in [-0.05, 0) is 53.8 Å². The maximum absolute atomic E-state index is 12.3. The first-order valence-corrected chi connectivity index (χ1v) is 9.81. The smallest absolute Gasteiger partial charge is 0.273 e. The van der Waals surface area contributed by atoms with Gasteiger partial charge in [0.2, 0.25) is 0 Å². The molecule has 29 heavy (non-hydrogen) atoms. The second kappa shape index (κ2) is 9.25. The van der Waals surface area contributed by atoms with Crippen molar-refractivity contribution in [3.05, 3.63) is 77.1 Å². The molecule has 150 valence electrons. The van der Waals surface area contributed by atoms with Crippen LogP contribution in [0.15, 0.2) is 71.5 Å². The van der Waals surface area contributed by atoms with E-state index in [1.54, 1.807) is 37.4 Å². The fourth-order valence-corrected chi connectivity index (χ4v) is 3.22. The van der Waals surface area contributed by atoms with Crippen LogP contribution in [0.25, 0.3) is 11.1 Å². The van der Waals surface area contributed by atoms with Crippen LogP contribution < -0.4 is 25.1 Å². The van der Waals surface area contributed by atoms with Gasteiger partial charge in [0.1, 0.15) is 11.4 Å². The molecule has 1 heterocycles. The molecular weight excluding hydrogens is 386 g/mol. The highest BCUT2D eigenvalue weighted by Gasteiger charge is 2.14. The minimum Gasteiger partial charge on any atom is -0.493 e. The van der Waals surface area contributed by atoms with Crippen LogP contribution in [-0.2, 0) is 7.05 Å². The molecule has 0 atom stereocenters. The number of nitrogens with one attached hydrogen (secondary N) is 2. The Labute approximate surface area is 174 Å². The Morgan fingerprint density at radius 3 is 2.55 bits per heavy atom. The molecule has 0 saturated heterocycles. The van der Waals surface area contributed by atoms with Crippen molar-refractivity contribution in [1.82, 2.24) is 4.57 Å². The topological polar surface area (TPSA) is 64.5 Å². The van der Waals surface area contributed by atoms with Gasteiger partial charge in [0.05, 0.1) is 7.11 Å². The van der Waals surface area contributed by atoms with Crippen molar-refractivity contribution >= 4 is 23.3 Å². The first kappa shape index (κ1) is 20.4. The highest BCUT2D eigenvalue weighted by molar-refractivity contribution is 8.03. The molecule has 3 rings (SSSR count). The predicted molar refractivity (Wildman–Crippen MR) is 121 cm³/mol. The van der Waals surface area contributed by atoms with Gasteiger partial charge in [0, 0.05) is 37.1 Å². The summed E-state index contributed by atoms with van der Waals surface area (Å²) in [5.74, 6) is 1.89. The number of benzene rings is 2. The average Bonchev–Trinajstić information content (AvgIpc) is 2.75. The third-order valence-electron chi connectivity index (χ3n) is 4.29. The number of nitrogens with zero attached hydrogens (tertiary/aromatic N) is 1. The van der Waals surface area contributed by atoms with Crippen LogP contribution >= 0.6 is 11.9 Å². The lowest BCUT2D eigenvalue weighted by molar-refractivity contribution is 0.379. The molecule has 0 bridgehead atoms. The number of pyridine rings is 1. The Hall–Kier alpha value is -3.32. The number of methoxy groups -OCH3 is 1. The van der Waals surface area contributed by atoms with Gasteiger partial charge >= 0.3 is 0 Å².